The Morgan fingerprint density at radius 3 is 2.50 bits per heavy atom. The van der Waals surface area contributed by atoms with Gasteiger partial charge in [0.05, 0.1) is 10.4 Å². The second-order valence-corrected chi connectivity index (χ2v) is 6.09. The van der Waals surface area contributed by atoms with E-state index >= 15 is 0 Å². The maximum Gasteiger partial charge on any atom is 0.128 e. The monoisotopic (exact) mass is 283 g/mol. The quantitative estimate of drug-likeness (QED) is 0.876. The summed E-state index contributed by atoms with van der Waals surface area (Å²) in [5.74, 6) is -0.170. The minimum Gasteiger partial charge on any atom is -0.309 e. The first-order valence-electron chi connectivity index (χ1n) is 5.72. The molecule has 1 nitrogen and oxygen atoms in total. The topological polar surface area (TPSA) is 12.0 Å². The van der Waals surface area contributed by atoms with E-state index in [2.05, 4.69) is 5.32 Å². The van der Waals surface area contributed by atoms with Crippen LogP contribution < -0.4 is 5.32 Å². The fourth-order valence-electron chi connectivity index (χ4n) is 2.20. The maximum atomic E-state index is 14.2. The number of hydrogen-bond donors (Lipinski definition) is 1. The highest BCUT2D eigenvalue weighted by atomic mass is 35.5. The van der Waals surface area contributed by atoms with Crippen molar-refractivity contribution in [3.05, 3.63) is 56.0 Å². The number of benzene rings is 1. The molecule has 1 aromatic carbocycles. The summed E-state index contributed by atoms with van der Waals surface area (Å²) in [6, 6.07) is 7.20. The third-order valence-electron chi connectivity index (χ3n) is 2.94. The van der Waals surface area contributed by atoms with E-state index in [4.69, 9.17) is 11.6 Å². The van der Waals surface area contributed by atoms with Gasteiger partial charge in [-0.25, -0.2) is 4.39 Å². The number of halogens is 2. The lowest BCUT2D eigenvalue weighted by atomic mass is 9.97. The summed E-state index contributed by atoms with van der Waals surface area (Å²) in [7, 11) is 1.83. The average Bonchev–Trinajstić information content (AvgIpc) is 2.69. The van der Waals surface area contributed by atoms with Crippen LogP contribution in [0.1, 0.15) is 27.6 Å². The Kier molecular flexibility index (Phi) is 4.05. The molecule has 96 valence electrons. The summed E-state index contributed by atoms with van der Waals surface area (Å²) in [6.45, 7) is 3.83. The van der Waals surface area contributed by atoms with Crippen LogP contribution in [0, 0.1) is 19.7 Å². The normalized spacial score (nSPS) is 12.7. The van der Waals surface area contributed by atoms with Gasteiger partial charge in [-0.1, -0.05) is 17.7 Å². The third-order valence-corrected chi connectivity index (χ3v) is 4.23. The first kappa shape index (κ1) is 13.5. The predicted octanol–water partition coefficient (Wildman–Crippen LogP) is 4.47. The minimum atomic E-state index is -0.170. The minimum absolute atomic E-state index is 0.150. The Labute approximate surface area is 116 Å². The van der Waals surface area contributed by atoms with E-state index in [1.54, 1.807) is 6.07 Å². The van der Waals surface area contributed by atoms with Gasteiger partial charge in [-0.05, 0) is 50.2 Å². The van der Waals surface area contributed by atoms with Gasteiger partial charge in [0.2, 0.25) is 0 Å². The lowest BCUT2D eigenvalue weighted by Crippen LogP contribution is -2.19. The summed E-state index contributed by atoms with van der Waals surface area (Å²) >= 11 is 7.42. The van der Waals surface area contributed by atoms with Crippen LogP contribution in [0.15, 0.2) is 24.3 Å². The van der Waals surface area contributed by atoms with Crippen molar-refractivity contribution in [3.63, 3.8) is 0 Å². The second-order valence-electron chi connectivity index (χ2n) is 4.34. The van der Waals surface area contributed by atoms with E-state index in [1.807, 2.05) is 39.1 Å². The summed E-state index contributed by atoms with van der Waals surface area (Å²) in [6.07, 6.45) is 0. The molecule has 0 amide bonds. The molecule has 1 atom stereocenters. The first-order valence-corrected chi connectivity index (χ1v) is 6.91. The van der Waals surface area contributed by atoms with Gasteiger partial charge in [0, 0.05) is 10.4 Å². The molecule has 0 saturated carbocycles. The molecule has 0 saturated heterocycles. The highest BCUT2D eigenvalue weighted by Gasteiger charge is 2.20. The van der Waals surface area contributed by atoms with E-state index < -0.39 is 0 Å². The number of rotatable bonds is 3. The molecule has 0 bridgehead atoms. The SMILES string of the molecule is CNC(c1ccc(Cl)s1)c1c(C)cc(C)cc1F. The van der Waals surface area contributed by atoms with Crippen molar-refractivity contribution in [1.29, 1.82) is 0 Å². The zero-order valence-corrected chi connectivity index (χ0v) is 12.1. The smallest absolute Gasteiger partial charge is 0.128 e. The number of thiophene rings is 1. The molecule has 1 heterocycles. The van der Waals surface area contributed by atoms with Crippen molar-refractivity contribution in [2.75, 3.05) is 7.05 Å². The van der Waals surface area contributed by atoms with Crippen molar-refractivity contribution < 1.29 is 4.39 Å². The molecule has 0 fully saturated rings. The lowest BCUT2D eigenvalue weighted by Gasteiger charge is -2.19. The van der Waals surface area contributed by atoms with Crippen LogP contribution >= 0.6 is 22.9 Å². The molecule has 0 spiro atoms. The lowest BCUT2D eigenvalue weighted by molar-refractivity contribution is 0.575. The number of aryl methyl sites for hydroxylation is 2. The Morgan fingerprint density at radius 2 is 2.00 bits per heavy atom. The molecule has 2 aromatic rings. The Balaban J connectivity index is 2.51. The summed E-state index contributed by atoms with van der Waals surface area (Å²) in [4.78, 5) is 1.02. The number of hydrogen-bond acceptors (Lipinski definition) is 2. The van der Waals surface area contributed by atoms with Crippen LogP contribution in [0.3, 0.4) is 0 Å². The Morgan fingerprint density at radius 1 is 1.28 bits per heavy atom. The van der Waals surface area contributed by atoms with Crippen molar-refractivity contribution in [2.45, 2.75) is 19.9 Å². The van der Waals surface area contributed by atoms with Crippen LogP contribution in [-0.2, 0) is 0 Å². The van der Waals surface area contributed by atoms with Crippen LogP contribution in [0.2, 0.25) is 4.34 Å². The van der Waals surface area contributed by atoms with Gasteiger partial charge in [0.25, 0.3) is 0 Å². The average molecular weight is 284 g/mol. The molecule has 0 radical (unpaired) electrons. The molecule has 1 N–H and O–H groups in total. The van der Waals surface area contributed by atoms with E-state index in [0.717, 1.165) is 20.3 Å². The van der Waals surface area contributed by atoms with Gasteiger partial charge in [-0.15, -0.1) is 11.3 Å². The molecule has 0 aliphatic heterocycles. The third kappa shape index (κ3) is 2.58. The van der Waals surface area contributed by atoms with Crippen LogP contribution in [0.4, 0.5) is 4.39 Å². The molecule has 0 aliphatic carbocycles. The van der Waals surface area contributed by atoms with Gasteiger partial charge >= 0.3 is 0 Å². The van der Waals surface area contributed by atoms with Gasteiger partial charge in [0.1, 0.15) is 5.82 Å². The molecule has 1 aromatic heterocycles. The summed E-state index contributed by atoms with van der Waals surface area (Å²) in [5.41, 5.74) is 2.59. The predicted molar refractivity (Wildman–Crippen MR) is 76.1 cm³/mol. The number of nitrogens with one attached hydrogen (secondary N) is 1. The molecular formula is C14H15ClFNS. The molecule has 0 aliphatic rings. The molecular weight excluding hydrogens is 269 g/mol. The molecule has 2 rings (SSSR count). The summed E-state index contributed by atoms with van der Waals surface area (Å²) < 4.78 is 14.9. The zero-order valence-electron chi connectivity index (χ0n) is 10.6. The zero-order chi connectivity index (χ0) is 13.3. The largest absolute Gasteiger partial charge is 0.309 e. The van der Waals surface area contributed by atoms with E-state index in [9.17, 15) is 4.39 Å². The summed E-state index contributed by atoms with van der Waals surface area (Å²) in [5, 5.41) is 3.16. The highest BCUT2D eigenvalue weighted by Crippen LogP contribution is 2.33. The van der Waals surface area contributed by atoms with Crippen LogP contribution in [0.25, 0.3) is 0 Å². The van der Waals surface area contributed by atoms with E-state index in [1.165, 1.54) is 11.3 Å². The second kappa shape index (κ2) is 5.39. The Hall–Kier alpha value is -0.900. The van der Waals surface area contributed by atoms with E-state index in [0.29, 0.717) is 5.56 Å². The van der Waals surface area contributed by atoms with Crippen LogP contribution in [-0.4, -0.2) is 7.05 Å². The molecule has 4 heteroatoms. The van der Waals surface area contributed by atoms with Crippen molar-refractivity contribution in [2.24, 2.45) is 0 Å². The van der Waals surface area contributed by atoms with Crippen molar-refractivity contribution in [1.82, 2.24) is 5.32 Å². The van der Waals surface area contributed by atoms with Crippen LogP contribution in [0.5, 0.6) is 0 Å². The fraction of sp³-hybridized carbons (Fsp3) is 0.286. The van der Waals surface area contributed by atoms with Crippen molar-refractivity contribution in [3.8, 4) is 0 Å². The Bertz CT molecular complexity index is 542. The van der Waals surface area contributed by atoms with Crippen molar-refractivity contribution >= 4 is 22.9 Å². The van der Waals surface area contributed by atoms with E-state index in [-0.39, 0.29) is 11.9 Å². The van der Waals surface area contributed by atoms with Gasteiger partial charge in [0.15, 0.2) is 0 Å². The molecule has 18 heavy (non-hydrogen) atoms. The van der Waals surface area contributed by atoms with Gasteiger partial charge < -0.3 is 5.32 Å². The standard InChI is InChI=1S/C14H15ClFNS/c1-8-6-9(2)13(10(16)7-8)14(17-3)11-4-5-12(15)18-11/h4-7,14,17H,1-3H3. The van der Waals surface area contributed by atoms with Gasteiger partial charge in [-0.3, -0.25) is 0 Å². The molecule has 1 unspecified atom stereocenters. The fourth-order valence-corrected chi connectivity index (χ4v) is 3.39. The maximum absolute atomic E-state index is 14.2. The van der Waals surface area contributed by atoms with Gasteiger partial charge in [-0.2, -0.15) is 0 Å². The highest BCUT2D eigenvalue weighted by molar-refractivity contribution is 7.16. The first-order chi connectivity index (χ1) is 8.52.